The summed E-state index contributed by atoms with van der Waals surface area (Å²) in [7, 11) is 0. The van der Waals surface area contributed by atoms with Crippen LogP contribution in [0, 0.1) is 6.92 Å². The number of amides is 1. The number of carbonyl (C=O) groups excluding carboxylic acids is 1. The van der Waals surface area contributed by atoms with Crippen LogP contribution in [-0.2, 0) is 4.79 Å². The molecule has 0 radical (unpaired) electrons. The van der Waals surface area contributed by atoms with Crippen molar-refractivity contribution in [2.45, 2.75) is 12.1 Å². The maximum Gasteiger partial charge on any atom is 0.266 e. The average Bonchev–Trinajstić information content (AvgIpc) is 2.93. The lowest BCUT2D eigenvalue weighted by atomic mass is 10.0. The first-order chi connectivity index (χ1) is 18.1. The van der Waals surface area contributed by atoms with Crippen LogP contribution < -0.4 is 11.0 Å². The molecule has 7 heteroatoms. The van der Waals surface area contributed by atoms with Gasteiger partial charge in [0.15, 0.2) is 5.16 Å². The summed E-state index contributed by atoms with van der Waals surface area (Å²) in [6.45, 7) is 1.94. The molecule has 37 heavy (non-hydrogen) atoms. The molecular weight excluding hydrogens is 480 g/mol. The van der Waals surface area contributed by atoms with Crippen molar-refractivity contribution in [2.24, 2.45) is 5.10 Å². The average molecular weight is 505 g/mol. The highest BCUT2D eigenvalue weighted by atomic mass is 32.2. The van der Waals surface area contributed by atoms with Gasteiger partial charge in [-0.2, -0.15) is 5.10 Å². The van der Waals surface area contributed by atoms with E-state index in [4.69, 9.17) is 4.98 Å². The molecule has 1 heterocycles. The fourth-order valence-electron chi connectivity index (χ4n) is 3.97. The lowest BCUT2D eigenvalue weighted by Gasteiger charge is -2.14. The van der Waals surface area contributed by atoms with Crippen LogP contribution in [0.2, 0.25) is 0 Å². The number of hydrazone groups is 1. The molecule has 0 fully saturated rings. The van der Waals surface area contributed by atoms with E-state index in [-0.39, 0.29) is 17.2 Å². The number of benzene rings is 4. The van der Waals surface area contributed by atoms with Crippen molar-refractivity contribution in [3.63, 3.8) is 0 Å². The monoisotopic (exact) mass is 504 g/mol. The van der Waals surface area contributed by atoms with E-state index in [1.807, 2.05) is 85.8 Å². The van der Waals surface area contributed by atoms with Crippen LogP contribution in [0.5, 0.6) is 0 Å². The molecule has 182 valence electrons. The summed E-state index contributed by atoms with van der Waals surface area (Å²) in [5, 5.41) is 5.07. The van der Waals surface area contributed by atoms with Gasteiger partial charge in [-0.1, -0.05) is 96.7 Å². The Morgan fingerprint density at radius 2 is 1.57 bits per heavy atom. The molecule has 0 unspecified atom stereocenters. The molecule has 6 nitrogen and oxygen atoms in total. The van der Waals surface area contributed by atoms with Crippen LogP contribution in [0.25, 0.3) is 27.7 Å². The number of aryl methyl sites for hydroxylation is 1. The Morgan fingerprint density at radius 1 is 0.892 bits per heavy atom. The molecule has 1 amide bonds. The number of thioether (sulfide) groups is 1. The number of aromatic nitrogens is 2. The van der Waals surface area contributed by atoms with Gasteiger partial charge in [0, 0.05) is 0 Å². The van der Waals surface area contributed by atoms with Crippen molar-refractivity contribution < 1.29 is 4.79 Å². The van der Waals surface area contributed by atoms with Gasteiger partial charge in [-0.25, -0.2) is 10.4 Å². The Labute approximate surface area is 218 Å². The van der Waals surface area contributed by atoms with Gasteiger partial charge in [-0.15, -0.1) is 0 Å². The summed E-state index contributed by atoms with van der Waals surface area (Å²) >= 11 is 1.20. The van der Waals surface area contributed by atoms with E-state index in [2.05, 4.69) is 22.7 Å². The molecule has 0 spiro atoms. The van der Waals surface area contributed by atoms with Gasteiger partial charge in [0.2, 0.25) is 0 Å². The highest BCUT2D eigenvalue weighted by Crippen LogP contribution is 2.23. The highest BCUT2D eigenvalue weighted by Gasteiger charge is 2.15. The molecule has 5 rings (SSSR count). The Morgan fingerprint density at radius 3 is 2.35 bits per heavy atom. The van der Waals surface area contributed by atoms with E-state index < -0.39 is 0 Å². The lowest BCUT2D eigenvalue weighted by molar-refractivity contribution is -0.118. The van der Waals surface area contributed by atoms with E-state index in [1.54, 1.807) is 22.9 Å². The van der Waals surface area contributed by atoms with Crippen molar-refractivity contribution in [3.8, 4) is 16.8 Å². The molecule has 0 bridgehead atoms. The number of rotatable bonds is 7. The Hall–Kier alpha value is -4.49. The van der Waals surface area contributed by atoms with Gasteiger partial charge < -0.3 is 0 Å². The third-order valence-corrected chi connectivity index (χ3v) is 6.79. The first kappa shape index (κ1) is 24.2. The smallest absolute Gasteiger partial charge is 0.266 e. The number of hydrogen-bond donors (Lipinski definition) is 1. The fraction of sp³-hybridized carbons (Fsp3) is 0.0667. The van der Waals surface area contributed by atoms with E-state index in [9.17, 15) is 9.59 Å². The van der Waals surface area contributed by atoms with Crippen molar-refractivity contribution in [3.05, 3.63) is 125 Å². The van der Waals surface area contributed by atoms with Crippen LogP contribution in [0.1, 0.15) is 11.1 Å². The molecule has 0 saturated heterocycles. The van der Waals surface area contributed by atoms with Gasteiger partial charge in [-0.3, -0.25) is 14.2 Å². The molecule has 0 aliphatic heterocycles. The topological polar surface area (TPSA) is 76.3 Å². The molecule has 1 aromatic heterocycles. The zero-order valence-electron chi connectivity index (χ0n) is 20.2. The van der Waals surface area contributed by atoms with Crippen LogP contribution in [0.4, 0.5) is 0 Å². The Balaban J connectivity index is 1.30. The van der Waals surface area contributed by atoms with E-state index in [0.29, 0.717) is 16.1 Å². The number of carbonyl (C=O) groups is 1. The van der Waals surface area contributed by atoms with Crippen molar-refractivity contribution in [2.75, 3.05) is 5.75 Å². The van der Waals surface area contributed by atoms with Gasteiger partial charge >= 0.3 is 0 Å². The molecular formula is C30H24N4O2S. The third kappa shape index (κ3) is 5.52. The predicted octanol–water partition coefficient (Wildman–Crippen LogP) is 5.60. The summed E-state index contributed by atoms with van der Waals surface area (Å²) in [5.41, 5.74) is 7.80. The Bertz CT molecular complexity index is 1640. The van der Waals surface area contributed by atoms with Crippen LogP contribution in [0.15, 0.2) is 118 Å². The standard InChI is InChI=1S/C30H24N4O2S/c1-21-9-5-8-14-27(21)34-29(36)25-12-6-7-13-26(25)32-30(34)37-20-28(35)33-31-19-22-15-17-24(18-16-22)23-10-3-2-4-11-23/h2-19H,20H2,1H3,(H,33,35)/b31-19+. The van der Waals surface area contributed by atoms with Crippen LogP contribution >= 0.6 is 11.8 Å². The highest BCUT2D eigenvalue weighted by molar-refractivity contribution is 7.99. The molecule has 0 saturated carbocycles. The van der Waals surface area contributed by atoms with Gasteiger partial charge in [0.1, 0.15) is 0 Å². The van der Waals surface area contributed by atoms with E-state index >= 15 is 0 Å². The summed E-state index contributed by atoms with van der Waals surface area (Å²) in [5.74, 6) is -0.234. The fourth-order valence-corrected chi connectivity index (χ4v) is 4.77. The number of nitrogens with one attached hydrogen (secondary N) is 1. The van der Waals surface area contributed by atoms with Crippen molar-refractivity contribution >= 4 is 34.8 Å². The van der Waals surface area contributed by atoms with Crippen LogP contribution in [0.3, 0.4) is 0 Å². The lowest BCUT2D eigenvalue weighted by Crippen LogP contribution is -2.24. The molecule has 4 aromatic carbocycles. The first-order valence-corrected chi connectivity index (χ1v) is 12.8. The molecule has 0 aliphatic carbocycles. The third-order valence-electron chi connectivity index (χ3n) is 5.85. The van der Waals surface area contributed by atoms with Crippen molar-refractivity contribution in [1.82, 2.24) is 15.0 Å². The summed E-state index contributed by atoms with van der Waals surface area (Å²) < 4.78 is 1.58. The maximum absolute atomic E-state index is 13.4. The van der Waals surface area contributed by atoms with Gasteiger partial charge in [0.05, 0.1) is 28.6 Å². The predicted molar refractivity (Wildman–Crippen MR) is 150 cm³/mol. The number of para-hydroxylation sites is 2. The second-order valence-electron chi connectivity index (χ2n) is 8.41. The van der Waals surface area contributed by atoms with E-state index in [0.717, 1.165) is 27.9 Å². The summed E-state index contributed by atoms with van der Waals surface area (Å²) in [6, 6.07) is 32.9. The normalized spacial score (nSPS) is 11.2. The van der Waals surface area contributed by atoms with Crippen LogP contribution in [-0.4, -0.2) is 27.4 Å². The number of hydrogen-bond acceptors (Lipinski definition) is 5. The minimum atomic E-state index is -0.291. The van der Waals surface area contributed by atoms with Gasteiger partial charge in [0.25, 0.3) is 11.5 Å². The molecule has 0 atom stereocenters. The molecule has 1 N–H and O–H groups in total. The van der Waals surface area contributed by atoms with Gasteiger partial charge in [-0.05, 0) is 47.4 Å². The molecule has 0 aliphatic rings. The summed E-state index contributed by atoms with van der Waals surface area (Å²) in [4.78, 5) is 30.6. The summed E-state index contributed by atoms with van der Waals surface area (Å²) in [6.07, 6.45) is 1.61. The largest absolute Gasteiger partial charge is 0.272 e. The minimum absolute atomic E-state index is 0.0565. The number of nitrogens with zero attached hydrogens (tertiary/aromatic N) is 3. The quantitative estimate of drug-likeness (QED) is 0.135. The minimum Gasteiger partial charge on any atom is -0.272 e. The maximum atomic E-state index is 13.4. The Kier molecular flexibility index (Phi) is 7.23. The zero-order valence-corrected chi connectivity index (χ0v) is 21.0. The number of fused-ring (bicyclic) bond motifs is 1. The molecule has 5 aromatic rings. The first-order valence-electron chi connectivity index (χ1n) is 11.8. The van der Waals surface area contributed by atoms with E-state index in [1.165, 1.54) is 11.8 Å². The second-order valence-corrected chi connectivity index (χ2v) is 9.35. The van der Waals surface area contributed by atoms with Crippen molar-refractivity contribution in [1.29, 1.82) is 0 Å². The second kappa shape index (κ2) is 11.1. The zero-order chi connectivity index (χ0) is 25.6. The SMILES string of the molecule is Cc1ccccc1-n1c(SCC(=O)N/N=C/c2ccc(-c3ccccc3)cc2)nc2ccccc2c1=O.